The van der Waals surface area contributed by atoms with Crippen molar-refractivity contribution < 1.29 is 14.7 Å². The molecular weight excluding hydrogens is 232 g/mol. The molecule has 1 aromatic heterocycles. The van der Waals surface area contributed by atoms with E-state index in [-0.39, 0.29) is 11.8 Å². The minimum atomic E-state index is -0.818. The van der Waals surface area contributed by atoms with Crippen LogP contribution in [0.4, 0.5) is 0 Å². The van der Waals surface area contributed by atoms with Crippen LogP contribution in [0.5, 0.6) is 0 Å². The monoisotopic (exact) mass is 248 g/mol. The molecule has 0 aromatic carbocycles. The summed E-state index contributed by atoms with van der Waals surface area (Å²) in [6.07, 6.45) is 3.60. The maximum absolute atomic E-state index is 12.0. The van der Waals surface area contributed by atoms with Crippen LogP contribution < -0.4 is 0 Å². The van der Waals surface area contributed by atoms with Gasteiger partial charge >= 0.3 is 5.97 Å². The molecule has 1 amide bonds. The molecule has 5 heteroatoms. The molecule has 1 aliphatic rings. The van der Waals surface area contributed by atoms with E-state index in [0.29, 0.717) is 19.5 Å². The van der Waals surface area contributed by atoms with Crippen LogP contribution in [0, 0.1) is 11.8 Å². The molecule has 96 valence electrons. The number of aliphatic carboxylic acids is 1. The second-order valence-electron chi connectivity index (χ2n) is 4.75. The first-order valence-electron chi connectivity index (χ1n) is 5.97. The van der Waals surface area contributed by atoms with E-state index in [4.69, 9.17) is 5.11 Å². The maximum atomic E-state index is 12.0. The zero-order valence-corrected chi connectivity index (χ0v) is 10.2. The number of aromatic nitrogens is 1. The fourth-order valence-corrected chi connectivity index (χ4v) is 2.28. The van der Waals surface area contributed by atoms with Gasteiger partial charge in [-0.2, -0.15) is 0 Å². The van der Waals surface area contributed by atoms with Gasteiger partial charge in [-0.3, -0.25) is 14.6 Å². The first-order valence-corrected chi connectivity index (χ1v) is 5.97. The fourth-order valence-electron chi connectivity index (χ4n) is 2.28. The SMILES string of the molecule is CC1CN(C(=O)Cc2ccncc2)CC1C(=O)O. The normalized spacial score (nSPS) is 23.1. The van der Waals surface area contributed by atoms with E-state index in [1.165, 1.54) is 0 Å². The molecule has 5 nitrogen and oxygen atoms in total. The van der Waals surface area contributed by atoms with Crippen molar-refractivity contribution in [3.05, 3.63) is 30.1 Å². The average molecular weight is 248 g/mol. The van der Waals surface area contributed by atoms with Gasteiger partial charge in [0.1, 0.15) is 0 Å². The predicted octanol–water partition coefficient (Wildman–Crippen LogP) is 0.803. The number of hydrogen-bond acceptors (Lipinski definition) is 3. The fraction of sp³-hybridized carbons (Fsp3) is 0.462. The molecular formula is C13H16N2O3. The minimum Gasteiger partial charge on any atom is -0.481 e. The second kappa shape index (κ2) is 5.16. The molecule has 0 spiro atoms. The Hall–Kier alpha value is -1.91. The number of carboxylic acid groups (broad SMARTS) is 1. The van der Waals surface area contributed by atoms with Gasteiger partial charge in [0.05, 0.1) is 12.3 Å². The Morgan fingerprint density at radius 3 is 2.61 bits per heavy atom. The van der Waals surface area contributed by atoms with Gasteiger partial charge in [0.25, 0.3) is 0 Å². The average Bonchev–Trinajstić information content (AvgIpc) is 2.73. The van der Waals surface area contributed by atoms with E-state index in [1.54, 1.807) is 29.4 Å². The van der Waals surface area contributed by atoms with Crippen LogP contribution >= 0.6 is 0 Å². The molecule has 1 N–H and O–H groups in total. The number of carbonyl (C=O) groups is 2. The highest BCUT2D eigenvalue weighted by Gasteiger charge is 2.36. The quantitative estimate of drug-likeness (QED) is 0.859. The summed E-state index contributed by atoms with van der Waals surface area (Å²) in [5.74, 6) is -1.26. The first kappa shape index (κ1) is 12.5. The zero-order chi connectivity index (χ0) is 13.1. The van der Waals surface area contributed by atoms with Crippen molar-refractivity contribution >= 4 is 11.9 Å². The molecule has 0 saturated carbocycles. The lowest BCUT2D eigenvalue weighted by Gasteiger charge is -2.15. The van der Waals surface area contributed by atoms with E-state index < -0.39 is 11.9 Å². The summed E-state index contributed by atoms with van der Waals surface area (Å²) in [6, 6.07) is 3.60. The van der Waals surface area contributed by atoms with E-state index in [0.717, 1.165) is 5.56 Å². The Labute approximate surface area is 105 Å². The lowest BCUT2D eigenvalue weighted by Crippen LogP contribution is -2.31. The lowest BCUT2D eigenvalue weighted by atomic mass is 9.99. The highest BCUT2D eigenvalue weighted by molar-refractivity contribution is 5.80. The molecule has 0 aliphatic carbocycles. The number of hydrogen-bond donors (Lipinski definition) is 1. The molecule has 2 heterocycles. The molecule has 18 heavy (non-hydrogen) atoms. The molecule has 0 bridgehead atoms. The Balaban J connectivity index is 1.97. The number of carbonyl (C=O) groups excluding carboxylic acids is 1. The van der Waals surface area contributed by atoms with Gasteiger partial charge in [0.2, 0.25) is 5.91 Å². The van der Waals surface area contributed by atoms with Gasteiger partial charge in [-0.05, 0) is 23.6 Å². The summed E-state index contributed by atoms with van der Waals surface area (Å²) in [7, 11) is 0. The van der Waals surface area contributed by atoms with Crippen LogP contribution in [-0.4, -0.2) is 40.0 Å². The van der Waals surface area contributed by atoms with Crippen LogP contribution in [0.15, 0.2) is 24.5 Å². The van der Waals surface area contributed by atoms with Gasteiger partial charge in [0, 0.05) is 25.5 Å². The third kappa shape index (κ3) is 2.67. The number of rotatable bonds is 3. The van der Waals surface area contributed by atoms with Crippen molar-refractivity contribution in [1.29, 1.82) is 0 Å². The minimum absolute atomic E-state index is 0.0169. The Bertz CT molecular complexity index is 447. The molecule has 2 atom stereocenters. The van der Waals surface area contributed by atoms with E-state index in [9.17, 15) is 9.59 Å². The van der Waals surface area contributed by atoms with Gasteiger partial charge in [-0.1, -0.05) is 6.92 Å². The second-order valence-corrected chi connectivity index (χ2v) is 4.75. The molecule has 2 rings (SSSR count). The number of pyridine rings is 1. The number of likely N-dealkylation sites (tertiary alicyclic amines) is 1. The van der Waals surface area contributed by atoms with Crippen molar-refractivity contribution in [3.8, 4) is 0 Å². The lowest BCUT2D eigenvalue weighted by molar-refractivity contribution is -0.142. The Morgan fingerprint density at radius 1 is 1.39 bits per heavy atom. The topological polar surface area (TPSA) is 70.5 Å². The van der Waals surface area contributed by atoms with Crippen LogP contribution in [0.2, 0.25) is 0 Å². The van der Waals surface area contributed by atoms with Crippen LogP contribution in [0.1, 0.15) is 12.5 Å². The van der Waals surface area contributed by atoms with Crippen molar-refractivity contribution in [2.45, 2.75) is 13.3 Å². The van der Waals surface area contributed by atoms with Gasteiger partial charge in [-0.15, -0.1) is 0 Å². The third-order valence-electron chi connectivity index (χ3n) is 3.39. The van der Waals surface area contributed by atoms with Crippen molar-refractivity contribution in [1.82, 2.24) is 9.88 Å². The molecule has 1 aromatic rings. The van der Waals surface area contributed by atoms with Gasteiger partial charge in [0.15, 0.2) is 0 Å². The number of carboxylic acids is 1. The summed E-state index contributed by atoms with van der Waals surface area (Å²) >= 11 is 0. The first-order chi connectivity index (χ1) is 8.58. The molecule has 0 radical (unpaired) electrons. The van der Waals surface area contributed by atoms with Crippen molar-refractivity contribution in [2.75, 3.05) is 13.1 Å². The van der Waals surface area contributed by atoms with Crippen molar-refractivity contribution in [2.24, 2.45) is 11.8 Å². The van der Waals surface area contributed by atoms with Crippen LogP contribution in [0.25, 0.3) is 0 Å². The van der Waals surface area contributed by atoms with Crippen molar-refractivity contribution in [3.63, 3.8) is 0 Å². The largest absolute Gasteiger partial charge is 0.481 e. The van der Waals surface area contributed by atoms with Gasteiger partial charge in [-0.25, -0.2) is 0 Å². The smallest absolute Gasteiger partial charge is 0.308 e. The standard InChI is InChI=1S/C13H16N2O3/c1-9-7-15(8-11(9)13(17)18)12(16)6-10-2-4-14-5-3-10/h2-5,9,11H,6-8H2,1H3,(H,17,18). The Morgan fingerprint density at radius 2 is 2.06 bits per heavy atom. The molecule has 1 saturated heterocycles. The summed E-state index contributed by atoms with van der Waals surface area (Å²) < 4.78 is 0. The summed E-state index contributed by atoms with van der Waals surface area (Å²) in [5, 5.41) is 9.03. The third-order valence-corrected chi connectivity index (χ3v) is 3.39. The van der Waals surface area contributed by atoms with E-state index in [1.807, 2.05) is 6.92 Å². The highest BCUT2D eigenvalue weighted by atomic mass is 16.4. The summed E-state index contributed by atoms with van der Waals surface area (Å²) in [5.41, 5.74) is 0.904. The van der Waals surface area contributed by atoms with Crippen LogP contribution in [-0.2, 0) is 16.0 Å². The van der Waals surface area contributed by atoms with E-state index in [2.05, 4.69) is 4.98 Å². The molecule has 2 unspecified atom stereocenters. The van der Waals surface area contributed by atoms with Crippen LogP contribution in [0.3, 0.4) is 0 Å². The predicted molar refractivity (Wildman–Crippen MR) is 64.8 cm³/mol. The molecule has 1 aliphatic heterocycles. The maximum Gasteiger partial charge on any atom is 0.308 e. The number of amides is 1. The molecule has 1 fully saturated rings. The summed E-state index contributed by atoms with van der Waals surface area (Å²) in [4.78, 5) is 28.6. The summed E-state index contributed by atoms with van der Waals surface area (Å²) in [6.45, 7) is 2.72. The Kier molecular flexibility index (Phi) is 3.60. The van der Waals surface area contributed by atoms with Gasteiger partial charge < -0.3 is 10.0 Å². The van der Waals surface area contributed by atoms with E-state index >= 15 is 0 Å². The number of nitrogens with zero attached hydrogens (tertiary/aromatic N) is 2. The zero-order valence-electron chi connectivity index (χ0n) is 10.2. The highest BCUT2D eigenvalue weighted by Crippen LogP contribution is 2.23.